The van der Waals surface area contributed by atoms with E-state index in [0.717, 1.165) is 45.2 Å². The fraction of sp³-hybridized carbons (Fsp3) is 0.269. The summed E-state index contributed by atoms with van der Waals surface area (Å²) in [5.74, 6) is 1.52. The Hall–Kier alpha value is -3.36. The van der Waals surface area contributed by atoms with Gasteiger partial charge in [-0.1, -0.05) is 36.0 Å². The fourth-order valence-electron chi connectivity index (χ4n) is 3.54. The number of rotatable bonds is 11. The molecular weight excluding hydrogens is 448 g/mol. The van der Waals surface area contributed by atoms with Crippen molar-refractivity contribution in [1.82, 2.24) is 19.9 Å². The quantitative estimate of drug-likeness (QED) is 0.253. The summed E-state index contributed by atoms with van der Waals surface area (Å²) in [6.45, 7) is 1.93. The van der Waals surface area contributed by atoms with Gasteiger partial charge in [0.05, 0.1) is 30.9 Å². The third-order valence-corrected chi connectivity index (χ3v) is 6.46. The molecule has 34 heavy (non-hydrogen) atoms. The number of methoxy groups -OCH3 is 2. The Labute approximate surface area is 203 Å². The number of hydrogen-bond donors (Lipinski definition) is 1. The number of thioether (sulfide) groups is 1. The zero-order chi connectivity index (χ0) is 23.8. The number of aromatic nitrogens is 3. The van der Waals surface area contributed by atoms with Gasteiger partial charge < -0.3 is 19.4 Å². The van der Waals surface area contributed by atoms with E-state index in [0.29, 0.717) is 25.3 Å². The fourth-order valence-corrected chi connectivity index (χ4v) is 4.51. The van der Waals surface area contributed by atoms with Crippen LogP contribution in [0.4, 0.5) is 0 Å². The van der Waals surface area contributed by atoms with Crippen molar-refractivity contribution >= 4 is 28.7 Å². The molecule has 2 heterocycles. The lowest BCUT2D eigenvalue weighted by atomic mass is 10.1. The first-order valence-corrected chi connectivity index (χ1v) is 12.1. The minimum Gasteiger partial charge on any atom is -0.497 e. The summed E-state index contributed by atoms with van der Waals surface area (Å²) >= 11 is 1.67. The summed E-state index contributed by atoms with van der Waals surface area (Å²) < 4.78 is 12.5. The molecule has 176 valence electrons. The number of benzene rings is 2. The van der Waals surface area contributed by atoms with Crippen molar-refractivity contribution < 1.29 is 14.3 Å². The predicted octanol–water partition coefficient (Wildman–Crippen LogP) is 4.55. The maximum absolute atomic E-state index is 12.3. The van der Waals surface area contributed by atoms with Crippen LogP contribution in [0, 0.1) is 0 Å². The van der Waals surface area contributed by atoms with Crippen LogP contribution in [0.25, 0.3) is 11.0 Å². The van der Waals surface area contributed by atoms with Crippen LogP contribution >= 0.6 is 11.8 Å². The average Bonchev–Trinajstić information content (AvgIpc) is 3.23. The van der Waals surface area contributed by atoms with Gasteiger partial charge in [-0.25, -0.2) is 4.98 Å². The molecule has 0 fully saturated rings. The molecule has 4 aromatic rings. The minimum atomic E-state index is -0.0657. The van der Waals surface area contributed by atoms with Crippen LogP contribution in [0.2, 0.25) is 0 Å². The molecule has 0 saturated carbocycles. The normalized spacial score (nSPS) is 11.0. The number of pyridine rings is 1. The monoisotopic (exact) mass is 476 g/mol. The number of hydrogen-bond acceptors (Lipinski definition) is 6. The van der Waals surface area contributed by atoms with Gasteiger partial charge in [0, 0.05) is 37.8 Å². The molecule has 2 aromatic heterocycles. The Bertz CT molecular complexity index is 1220. The Morgan fingerprint density at radius 2 is 1.79 bits per heavy atom. The topological polar surface area (TPSA) is 78.3 Å². The van der Waals surface area contributed by atoms with E-state index in [1.54, 1.807) is 32.2 Å². The lowest BCUT2D eigenvalue weighted by Crippen LogP contribution is -2.25. The van der Waals surface area contributed by atoms with Crippen LogP contribution in [0.15, 0.2) is 72.1 Å². The van der Waals surface area contributed by atoms with Crippen molar-refractivity contribution in [3.05, 3.63) is 83.7 Å². The smallest absolute Gasteiger partial charge is 0.251 e. The Kier molecular flexibility index (Phi) is 8.17. The van der Waals surface area contributed by atoms with Gasteiger partial charge in [-0.15, -0.1) is 0 Å². The number of imidazole rings is 1. The standard InChI is InChI=1S/C26H28N4O3S/c1-32-15-3-13-28-25(31)21-8-4-20(5-9-21)18-34-26-29-23-12-14-27-16-24(23)30(26)17-19-6-10-22(33-2)11-7-19/h4-12,14,16H,3,13,15,17-18H2,1-2H3,(H,28,31). The summed E-state index contributed by atoms with van der Waals surface area (Å²) in [5, 5.41) is 3.84. The molecule has 1 amide bonds. The van der Waals surface area contributed by atoms with Crippen molar-refractivity contribution in [1.29, 1.82) is 0 Å². The molecule has 0 aliphatic carbocycles. The highest BCUT2D eigenvalue weighted by molar-refractivity contribution is 7.98. The van der Waals surface area contributed by atoms with E-state index in [-0.39, 0.29) is 5.91 Å². The number of amides is 1. The van der Waals surface area contributed by atoms with Gasteiger partial charge in [-0.2, -0.15) is 0 Å². The Balaban J connectivity index is 1.44. The van der Waals surface area contributed by atoms with Gasteiger partial charge in [-0.3, -0.25) is 9.78 Å². The number of ether oxygens (including phenoxy) is 2. The Morgan fingerprint density at radius 3 is 2.53 bits per heavy atom. The van der Waals surface area contributed by atoms with Gasteiger partial charge in [-0.05, 0) is 47.9 Å². The zero-order valence-corrected chi connectivity index (χ0v) is 20.2. The number of carbonyl (C=O) groups is 1. The largest absolute Gasteiger partial charge is 0.497 e. The van der Waals surface area contributed by atoms with Crippen LogP contribution < -0.4 is 10.1 Å². The molecule has 0 bridgehead atoms. The highest BCUT2D eigenvalue weighted by Gasteiger charge is 2.13. The molecule has 0 aliphatic rings. The first kappa shape index (κ1) is 23.8. The van der Waals surface area contributed by atoms with E-state index in [9.17, 15) is 4.79 Å². The van der Waals surface area contributed by atoms with Crippen molar-refractivity contribution in [2.75, 3.05) is 27.4 Å². The molecular formula is C26H28N4O3S. The lowest BCUT2D eigenvalue weighted by molar-refractivity contribution is 0.0948. The van der Waals surface area contributed by atoms with Crippen LogP contribution in [0.5, 0.6) is 5.75 Å². The van der Waals surface area contributed by atoms with E-state index < -0.39 is 0 Å². The highest BCUT2D eigenvalue weighted by atomic mass is 32.2. The van der Waals surface area contributed by atoms with Crippen LogP contribution in [-0.2, 0) is 17.0 Å². The third-order valence-electron chi connectivity index (χ3n) is 5.41. The second kappa shape index (κ2) is 11.7. The van der Waals surface area contributed by atoms with E-state index in [2.05, 4.69) is 27.0 Å². The maximum Gasteiger partial charge on any atom is 0.251 e. The van der Waals surface area contributed by atoms with Gasteiger partial charge in [0.2, 0.25) is 0 Å². The predicted molar refractivity (Wildman–Crippen MR) is 134 cm³/mol. The van der Waals surface area contributed by atoms with Gasteiger partial charge in [0.15, 0.2) is 5.16 Å². The lowest BCUT2D eigenvalue weighted by Gasteiger charge is -2.10. The summed E-state index contributed by atoms with van der Waals surface area (Å²) in [6.07, 6.45) is 4.42. The van der Waals surface area contributed by atoms with Gasteiger partial charge in [0.1, 0.15) is 5.75 Å². The number of nitrogens with one attached hydrogen (secondary N) is 1. The van der Waals surface area contributed by atoms with Crippen LogP contribution in [0.1, 0.15) is 27.9 Å². The SMILES string of the molecule is COCCCNC(=O)c1ccc(CSc2nc3ccncc3n2Cc2ccc(OC)cc2)cc1. The average molecular weight is 477 g/mol. The van der Waals surface area contributed by atoms with E-state index in [4.69, 9.17) is 14.5 Å². The van der Waals surface area contributed by atoms with Crippen LogP contribution in [-0.4, -0.2) is 47.8 Å². The molecule has 2 aromatic carbocycles. The molecule has 0 unspecified atom stereocenters. The first-order chi connectivity index (χ1) is 16.7. The second-order valence-corrected chi connectivity index (χ2v) is 8.72. The van der Waals surface area contributed by atoms with Gasteiger partial charge in [0.25, 0.3) is 5.91 Å². The molecule has 0 radical (unpaired) electrons. The minimum absolute atomic E-state index is 0.0657. The highest BCUT2D eigenvalue weighted by Crippen LogP contribution is 2.28. The number of carbonyl (C=O) groups excluding carboxylic acids is 1. The number of fused-ring (bicyclic) bond motifs is 1. The number of nitrogens with zero attached hydrogens (tertiary/aromatic N) is 3. The molecule has 7 nitrogen and oxygen atoms in total. The summed E-state index contributed by atoms with van der Waals surface area (Å²) in [5.41, 5.74) is 4.87. The molecule has 0 aliphatic heterocycles. The van der Waals surface area contributed by atoms with Crippen molar-refractivity contribution in [3.8, 4) is 5.75 Å². The molecule has 0 saturated heterocycles. The molecule has 4 rings (SSSR count). The molecule has 8 heteroatoms. The Morgan fingerprint density at radius 1 is 1.03 bits per heavy atom. The summed E-state index contributed by atoms with van der Waals surface area (Å²) in [6, 6.07) is 17.7. The molecule has 0 spiro atoms. The van der Waals surface area contributed by atoms with E-state index >= 15 is 0 Å². The van der Waals surface area contributed by atoms with E-state index in [1.807, 2.05) is 48.7 Å². The summed E-state index contributed by atoms with van der Waals surface area (Å²) in [7, 11) is 3.32. The maximum atomic E-state index is 12.3. The molecule has 1 N–H and O–H groups in total. The first-order valence-electron chi connectivity index (χ1n) is 11.1. The summed E-state index contributed by atoms with van der Waals surface area (Å²) in [4.78, 5) is 21.4. The third kappa shape index (κ3) is 5.95. The van der Waals surface area contributed by atoms with Crippen molar-refractivity contribution in [2.24, 2.45) is 0 Å². The van der Waals surface area contributed by atoms with E-state index in [1.165, 1.54) is 0 Å². The van der Waals surface area contributed by atoms with Crippen molar-refractivity contribution in [2.45, 2.75) is 23.9 Å². The van der Waals surface area contributed by atoms with Crippen LogP contribution in [0.3, 0.4) is 0 Å². The van der Waals surface area contributed by atoms with Gasteiger partial charge >= 0.3 is 0 Å². The zero-order valence-electron chi connectivity index (χ0n) is 19.4. The van der Waals surface area contributed by atoms with Crippen molar-refractivity contribution in [3.63, 3.8) is 0 Å². The molecule has 0 atom stereocenters. The second-order valence-electron chi connectivity index (χ2n) is 7.78.